The smallest absolute Gasteiger partial charge is 0.143 e. The number of aryl methyl sites for hydroxylation is 2. The lowest BCUT2D eigenvalue weighted by Gasteiger charge is -2.13. The van der Waals surface area contributed by atoms with Gasteiger partial charge in [-0.25, -0.2) is 0 Å². The van der Waals surface area contributed by atoms with E-state index in [1.54, 1.807) is 0 Å². The highest BCUT2D eigenvalue weighted by atomic mass is 16.1. The van der Waals surface area contributed by atoms with Gasteiger partial charge in [-0.15, -0.1) is 0 Å². The quantitative estimate of drug-likeness (QED) is 0.859. The molecule has 4 heteroatoms. The first-order valence-electron chi connectivity index (χ1n) is 6.94. The fraction of sp³-hybridized carbons (Fsp3) is 0.714. The van der Waals surface area contributed by atoms with Crippen molar-refractivity contribution in [3.8, 4) is 0 Å². The van der Waals surface area contributed by atoms with Gasteiger partial charge in [0.05, 0.1) is 5.69 Å². The molecule has 2 heterocycles. The summed E-state index contributed by atoms with van der Waals surface area (Å²) in [6, 6.07) is 2.08. The Bertz CT molecular complexity index is 425. The third-order valence-corrected chi connectivity index (χ3v) is 3.86. The van der Waals surface area contributed by atoms with Gasteiger partial charge in [-0.2, -0.15) is 5.10 Å². The molecule has 2 unspecified atom stereocenters. The van der Waals surface area contributed by atoms with Crippen molar-refractivity contribution in [1.29, 1.82) is 0 Å². The molecular weight excluding hydrogens is 226 g/mol. The summed E-state index contributed by atoms with van der Waals surface area (Å²) in [5, 5.41) is 7.79. The normalized spacial score (nSPS) is 23.5. The monoisotopic (exact) mass is 249 g/mol. The Balaban J connectivity index is 2.08. The van der Waals surface area contributed by atoms with Crippen LogP contribution in [0.4, 0.5) is 0 Å². The fourth-order valence-electron chi connectivity index (χ4n) is 2.65. The SMILES string of the molecule is CCc1cc(CC(=O)C2CNCC2C)n(CC)n1. The van der Waals surface area contributed by atoms with E-state index in [1.807, 2.05) is 4.68 Å². The van der Waals surface area contributed by atoms with Crippen LogP contribution in [-0.2, 0) is 24.2 Å². The molecule has 1 saturated heterocycles. The maximum absolute atomic E-state index is 12.3. The predicted molar refractivity (Wildman–Crippen MR) is 71.5 cm³/mol. The Hall–Kier alpha value is -1.16. The van der Waals surface area contributed by atoms with E-state index in [4.69, 9.17) is 0 Å². The number of rotatable bonds is 5. The van der Waals surface area contributed by atoms with Crippen LogP contribution >= 0.6 is 0 Å². The van der Waals surface area contributed by atoms with Crippen LogP contribution in [0, 0.1) is 11.8 Å². The number of carbonyl (C=O) groups excluding carboxylic acids is 1. The molecule has 0 aliphatic carbocycles. The maximum atomic E-state index is 12.3. The van der Waals surface area contributed by atoms with E-state index in [0.717, 1.165) is 37.4 Å². The van der Waals surface area contributed by atoms with Crippen LogP contribution in [0.5, 0.6) is 0 Å². The lowest BCUT2D eigenvalue weighted by Crippen LogP contribution is -2.24. The Morgan fingerprint density at radius 2 is 2.28 bits per heavy atom. The number of hydrogen-bond donors (Lipinski definition) is 1. The molecule has 0 aromatic carbocycles. The van der Waals surface area contributed by atoms with Crippen LogP contribution in [0.15, 0.2) is 6.07 Å². The van der Waals surface area contributed by atoms with Crippen molar-refractivity contribution < 1.29 is 4.79 Å². The highest BCUT2D eigenvalue weighted by Crippen LogP contribution is 2.19. The third kappa shape index (κ3) is 2.64. The van der Waals surface area contributed by atoms with E-state index < -0.39 is 0 Å². The molecule has 0 radical (unpaired) electrons. The summed E-state index contributed by atoms with van der Waals surface area (Å²) < 4.78 is 1.96. The second-order valence-electron chi connectivity index (χ2n) is 5.18. The van der Waals surface area contributed by atoms with Crippen LogP contribution in [-0.4, -0.2) is 28.7 Å². The minimum absolute atomic E-state index is 0.176. The van der Waals surface area contributed by atoms with Crippen molar-refractivity contribution >= 4 is 5.78 Å². The maximum Gasteiger partial charge on any atom is 0.143 e. The Morgan fingerprint density at radius 3 is 2.83 bits per heavy atom. The zero-order valence-electron chi connectivity index (χ0n) is 11.6. The molecule has 0 amide bonds. The highest BCUT2D eigenvalue weighted by molar-refractivity contribution is 5.83. The van der Waals surface area contributed by atoms with Gasteiger partial charge in [0.1, 0.15) is 5.78 Å². The van der Waals surface area contributed by atoms with Gasteiger partial charge < -0.3 is 5.32 Å². The number of Topliss-reactive ketones (excluding diaryl/α,β-unsaturated/α-hetero) is 1. The lowest BCUT2D eigenvalue weighted by atomic mass is 9.91. The summed E-state index contributed by atoms with van der Waals surface area (Å²) in [6.07, 6.45) is 1.45. The van der Waals surface area contributed by atoms with Crippen molar-refractivity contribution in [2.75, 3.05) is 13.1 Å². The molecule has 0 saturated carbocycles. The Morgan fingerprint density at radius 1 is 1.50 bits per heavy atom. The minimum atomic E-state index is 0.176. The van der Waals surface area contributed by atoms with Crippen molar-refractivity contribution in [3.05, 3.63) is 17.5 Å². The summed E-state index contributed by atoms with van der Waals surface area (Å²) >= 11 is 0. The van der Waals surface area contributed by atoms with E-state index in [9.17, 15) is 4.79 Å². The van der Waals surface area contributed by atoms with Gasteiger partial charge in [-0.05, 0) is 31.9 Å². The van der Waals surface area contributed by atoms with Crippen molar-refractivity contribution in [3.63, 3.8) is 0 Å². The molecule has 1 fully saturated rings. The number of nitrogens with zero attached hydrogens (tertiary/aromatic N) is 2. The van der Waals surface area contributed by atoms with Crippen molar-refractivity contribution in [2.24, 2.45) is 11.8 Å². The van der Waals surface area contributed by atoms with Gasteiger partial charge in [0, 0.05) is 31.1 Å². The van der Waals surface area contributed by atoms with Gasteiger partial charge in [0.2, 0.25) is 0 Å². The predicted octanol–water partition coefficient (Wildman–Crippen LogP) is 1.43. The van der Waals surface area contributed by atoms with Crippen LogP contribution in [0.2, 0.25) is 0 Å². The minimum Gasteiger partial charge on any atom is -0.316 e. The van der Waals surface area contributed by atoms with Gasteiger partial charge in [0.25, 0.3) is 0 Å². The number of aromatic nitrogens is 2. The van der Waals surface area contributed by atoms with E-state index in [-0.39, 0.29) is 5.92 Å². The van der Waals surface area contributed by atoms with Gasteiger partial charge in [-0.1, -0.05) is 13.8 Å². The first kappa shape index (κ1) is 13.3. The molecule has 18 heavy (non-hydrogen) atoms. The summed E-state index contributed by atoms with van der Waals surface area (Å²) in [7, 11) is 0. The third-order valence-electron chi connectivity index (χ3n) is 3.86. The number of carbonyl (C=O) groups is 1. The first-order valence-corrected chi connectivity index (χ1v) is 6.94. The average molecular weight is 249 g/mol. The molecular formula is C14H23N3O. The average Bonchev–Trinajstić information content (AvgIpc) is 2.95. The van der Waals surface area contributed by atoms with Gasteiger partial charge in [-0.3, -0.25) is 9.48 Å². The molecule has 1 aliphatic rings. The standard InChI is InChI=1S/C14H23N3O/c1-4-11-6-12(17(5-2)16-11)7-14(18)13-9-15-8-10(13)3/h6,10,13,15H,4-5,7-9H2,1-3H3. The van der Waals surface area contributed by atoms with Gasteiger partial charge >= 0.3 is 0 Å². The Kier molecular flexibility index (Phi) is 4.17. The van der Waals surface area contributed by atoms with Crippen LogP contribution < -0.4 is 5.32 Å². The second-order valence-corrected chi connectivity index (χ2v) is 5.18. The molecule has 1 aromatic heterocycles. The van der Waals surface area contributed by atoms with Crippen molar-refractivity contribution in [1.82, 2.24) is 15.1 Å². The topological polar surface area (TPSA) is 46.9 Å². The van der Waals surface area contributed by atoms with E-state index >= 15 is 0 Å². The zero-order valence-corrected chi connectivity index (χ0v) is 11.6. The molecule has 4 nitrogen and oxygen atoms in total. The Labute approximate surface area is 109 Å². The number of ketones is 1. The molecule has 0 bridgehead atoms. The highest BCUT2D eigenvalue weighted by Gasteiger charge is 2.29. The number of hydrogen-bond acceptors (Lipinski definition) is 3. The number of nitrogens with one attached hydrogen (secondary N) is 1. The van der Waals surface area contributed by atoms with Crippen LogP contribution in [0.25, 0.3) is 0 Å². The largest absolute Gasteiger partial charge is 0.316 e. The summed E-state index contributed by atoms with van der Waals surface area (Å²) in [5.74, 6) is 0.987. The van der Waals surface area contributed by atoms with E-state index in [0.29, 0.717) is 18.1 Å². The van der Waals surface area contributed by atoms with E-state index in [2.05, 4.69) is 37.3 Å². The summed E-state index contributed by atoms with van der Waals surface area (Å²) in [5.41, 5.74) is 2.15. The second kappa shape index (κ2) is 5.65. The van der Waals surface area contributed by atoms with Gasteiger partial charge in [0.15, 0.2) is 0 Å². The molecule has 1 aliphatic heterocycles. The molecule has 2 atom stereocenters. The first-order chi connectivity index (χ1) is 8.65. The molecule has 1 N–H and O–H groups in total. The van der Waals surface area contributed by atoms with E-state index in [1.165, 1.54) is 0 Å². The molecule has 1 aromatic rings. The lowest BCUT2D eigenvalue weighted by molar-refractivity contribution is -0.122. The fourth-order valence-corrected chi connectivity index (χ4v) is 2.65. The molecule has 100 valence electrons. The van der Waals surface area contributed by atoms with Crippen LogP contribution in [0.3, 0.4) is 0 Å². The summed E-state index contributed by atoms with van der Waals surface area (Å²) in [6.45, 7) is 8.94. The summed E-state index contributed by atoms with van der Waals surface area (Å²) in [4.78, 5) is 12.3. The zero-order chi connectivity index (χ0) is 13.1. The van der Waals surface area contributed by atoms with Crippen molar-refractivity contribution in [2.45, 2.75) is 40.2 Å². The molecule has 2 rings (SSSR count). The molecule has 0 spiro atoms. The van der Waals surface area contributed by atoms with Crippen LogP contribution in [0.1, 0.15) is 32.2 Å².